The van der Waals surface area contributed by atoms with Crippen LogP contribution in [0.25, 0.3) is 0 Å². The molecule has 2 atom stereocenters. The molecule has 6 heteroatoms. The van der Waals surface area contributed by atoms with E-state index in [0.717, 1.165) is 12.1 Å². The van der Waals surface area contributed by atoms with Gasteiger partial charge in [0, 0.05) is 0 Å². The molecule has 18 heavy (non-hydrogen) atoms. The van der Waals surface area contributed by atoms with Crippen LogP contribution in [0, 0.1) is 0 Å². The highest BCUT2D eigenvalue weighted by Crippen LogP contribution is 2.36. The lowest BCUT2D eigenvalue weighted by Crippen LogP contribution is -2.18. The molecule has 0 radical (unpaired) electrons. The Morgan fingerprint density at radius 2 is 2.06 bits per heavy atom. The summed E-state index contributed by atoms with van der Waals surface area (Å²) < 4.78 is 42.8. The van der Waals surface area contributed by atoms with E-state index in [1.54, 1.807) is 0 Å². The number of rotatable bonds is 2. The summed E-state index contributed by atoms with van der Waals surface area (Å²) in [5.41, 5.74) is -0.379. The number of ether oxygens (including phenoxy) is 1. The maximum absolute atomic E-state index is 12.5. The fourth-order valence-corrected chi connectivity index (χ4v) is 1.98. The van der Waals surface area contributed by atoms with E-state index in [2.05, 4.69) is 0 Å². The van der Waals surface area contributed by atoms with Crippen molar-refractivity contribution in [3.63, 3.8) is 0 Å². The molecule has 0 aromatic heterocycles. The summed E-state index contributed by atoms with van der Waals surface area (Å²) >= 11 is 0. The van der Waals surface area contributed by atoms with E-state index in [1.807, 2.05) is 0 Å². The highest BCUT2D eigenvalue weighted by atomic mass is 19.4. The monoisotopic (exact) mass is 260 g/mol. The summed E-state index contributed by atoms with van der Waals surface area (Å²) in [4.78, 5) is 10.7. The van der Waals surface area contributed by atoms with E-state index in [1.165, 1.54) is 12.1 Å². The first-order chi connectivity index (χ1) is 8.38. The van der Waals surface area contributed by atoms with Crippen molar-refractivity contribution in [1.29, 1.82) is 0 Å². The minimum Gasteiger partial charge on any atom is -0.479 e. The zero-order valence-corrected chi connectivity index (χ0v) is 9.28. The molecule has 1 aliphatic rings. The number of alkyl halides is 3. The van der Waals surface area contributed by atoms with Gasteiger partial charge in [-0.1, -0.05) is 12.1 Å². The van der Waals surface area contributed by atoms with Crippen molar-refractivity contribution in [2.24, 2.45) is 0 Å². The van der Waals surface area contributed by atoms with Crippen molar-refractivity contribution < 1.29 is 27.8 Å². The number of hydrogen-bond acceptors (Lipinski definition) is 2. The van der Waals surface area contributed by atoms with Crippen LogP contribution in [0.15, 0.2) is 24.3 Å². The first-order valence-corrected chi connectivity index (χ1v) is 5.43. The standard InChI is InChI=1S/C12H11F3O3/c13-12(14,15)8-3-1-2-7(6-8)9-4-5-10(18-9)11(16)17/h1-3,6,9-10H,4-5H2,(H,16,17)/t9-,10-/m0/s1. The third kappa shape index (κ3) is 2.64. The van der Waals surface area contributed by atoms with Gasteiger partial charge in [0.05, 0.1) is 11.7 Å². The van der Waals surface area contributed by atoms with Crippen molar-refractivity contribution >= 4 is 5.97 Å². The maximum atomic E-state index is 12.5. The molecule has 0 spiro atoms. The molecule has 98 valence electrons. The van der Waals surface area contributed by atoms with Gasteiger partial charge in [-0.25, -0.2) is 4.79 Å². The SMILES string of the molecule is O=C(O)[C@@H]1CC[C@@H](c2cccc(C(F)(F)F)c2)O1. The molecule has 0 saturated carbocycles. The quantitative estimate of drug-likeness (QED) is 0.889. The van der Waals surface area contributed by atoms with E-state index < -0.39 is 29.9 Å². The molecule has 1 heterocycles. The molecule has 0 aliphatic carbocycles. The lowest BCUT2D eigenvalue weighted by Gasteiger charge is -2.14. The van der Waals surface area contributed by atoms with Crippen LogP contribution in [-0.2, 0) is 15.7 Å². The van der Waals surface area contributed by atoms with E-state index in [9.17, 15) is 18.0 Å². The Morgan fingerprint density at radius 1 is 1.33 bits per heavy atom. The average Bonchev–Trinajstić information content (AvgIpc) is 2.77. The summed E-state index contributed by atoms with van der Waals surface area (Å²) in [6.07, 6.45) is -5.17. The molecule has 3 nitrogen and oxygen atoms in total. The largest absolute Gasteiger partial charge is 0.479 e. The molecule has 1 saturated heterocycles. The fraction of sp³-hybridized carbons (Fsp3) is 0.417. The lowest BCUT2D eigenvalue weighted by molar-refractivity contribution is -0.149. The topological polar surface area (TPSA) is 46.5 Å². The molecule has 0 amide bonds. The molecular weight excluding hydrogens is 249 g/mol. The van der Waals surface area contributed by atoms with Crippen LogP contribution in [0.5, 0.6) is 0 Å². The molecule has 1 aromatic carbocycles. The van der Waals surface area contributed by atoms with Gasteiger partial charge in [0.25, 0.3) is 0 Å². The minimum absolute atomic E-state index is 0.316. The van der Waals surface area contributed by atoms with Gasteiger partial charge in [0.2, 0.25) is 0 Å². The Labute approximate surface area is 101 Å². The summed E-state index contributed by atoms with van der Waals surface area (Å²) in [7, 11) is 0. The zero-order valence-electron chi connectivity index (χ0n) is 9.28. The first-order valence-electron chi connectivity index (χ1n) is 5.43. The molecule has 0 unspecified atom stereocenters. The molecule has 1 aromatic rings. The summed E-state index contributed by atoms with van der Waals surface area (Å²) in [6, 6.07) is 4.81. The van der Waals surface area contributed by atoms with E-state index in [-0.39, 0.29) is 0 Å². The number of benzene rings is 1. The highest BCUT2D eigenvalue weighted by Gasteiger charge is 2.34. The summed E-state index contributed by atoms with van der Waals surface area (Å²) in [5.74, 6) is -1.08. The van der Waals surface area contributed by atoms with E-state index in [0.29, 0.717) is 18.4 Å². The Balaban J connectivity index is 2.18. The Morgan fingerprint density at radius 3 is 2.61 bits per heavy atom. The van der Waals surface area contributed by atoms with Gasteiger partial charge >= 0.3 is 12.1 Å². The third-order valence-electron chi connectivity index (χ3n) is 2.88. The second-order valence-electron chi connectivity index (χ2n) is 4.15. The van der Waals surface area contributed by atoms with Gasteiger partial charge in [0.15, 0.2) is 6.10 Å². The summed E-state index contributed by atoms with van der Waals surface area (Å²) in [6.45, 7) is 0. The lowest BCUT2D eigenvalue weighted by atomic mass is 10.0. The van der Waals surface area contributed by atoms with Crippen molar-refractivity contribution in [3.05, 3.63) is 35.4 Å². The molecule has 1 fully saturated rings. The van der Waals surface area contributed by atoms with Crippen LogP contribution >= 0.6 is 0 Å². The fourth-order valence-electron chi connectivity index (χ4n) is 1.98. The predicted octanol–water partition coefficient (Wildman–Crippen LogP) is 3.01. The van der Waals surface area contributed by atoms with Crippen molar-refractivity contribution in [3.8, 4) is 0 Å². The van der Waals surface area contributed by atoms with Crippen LogP contribution < -0.4 is 0 Å². The third-order valence-corrected chi connectivity index (χ3v) is 2.88. The second-order valence-corrected chi connectivity index (χ2v) is 4.15. The Hall–Kier alpha value is -1.56. The van der Waals surface area contributed by atoms with Gasteiger partial charge in [-0.15, -0.1) is 0 Å². The Kier molecular flexibility index (Phi) is 3.30. The highest BCUT2D eigenvalue weighted by molar-refractivity contribution is 5.72. The van der Waals surface area contributed by atoms with Gasteiger partial charge in [-0.05, 0) is 30.5 Å². The smallest absolute Gasteiger partial charge is 0.416 e. The molecule has 2 rings (SSSR count). The van der Waals surface area contributed by atoms with Crippen LogP contribution in [0.1, 0.15) is 30.1 Å². The van der Waals surface area contributed by atoms with E-state index in [4.69, 9.17) is 9.84 Å². The minimum atomic E-state index is -4.40. The predicted molar refractivity (Wildman–Crippen MR) is 55.9 cm³/mol. The molecular formula is C12H11F3O3. The second kappa shape index (κ2) is 4.61. The number of carbonyl (C=O) groups is 1. The normalized spacial score (nSPS) is 24.2. The van der Waals surface area contributed by atoms with Gasteiger partial charge in [-0.3, -0.25) is 0 Å². The first kappa shape index (κ1) is 12.9. The van der Waals surface area contributed by atoms with Crippen molar-refractivity contribution in [2.45, 2.75) is 31.2 Å². The molecule has 0 bridgehead atoms. The van der Waals surface area contributed by atoms with Crippen molar-refractivity contribution in [1.82, 2.24) is 0 Å². The number of hydrogen-bond donors (Lipinski definition) is 1. The van der Waals surface area contributed by atoms with Crippen LogP contribution in [0.2, 0.25) is 0 Å². The van der Waals surface area contributed by atoms with Crippen LogP contribution in [-0.4, -0.2) is 17.2 Å². The number of halogens is 3. The average molecular weight is 260 g/mol. The van der Waals surface area contributed by atoms with Gasteiger partial charge in [-0.2, -0.15) is 13.2 Å². The van der Waals surface area contributed by atoms with Crippen molar-refractivity contribution in [2.75, 3.05) is 0 Å². The van der Waals surface area contributed by atoms with Crippen LogP contribution in [0.4, 0.5) is 13.2 Å². The van der Waals surface area contributed by atoms with Crippen LogP contribution in [0.3, 0.4) is 0 Å². The number of carboxylic acids is 1. The maximum Gasteiger partial charge on any atom is 0.416 e. The van der Waals surface area contributed by atoms with Gasteiger partial charge < -0.3 is 9.84 Å². The van der Waals surface area contributed by atoms with E-state index >= 15 is 0 Å². The molecule has 1 N–H and O–H groups in total. The Bertz CT molecular complexity index is 456. The number of aliphatic carboxylic acids is 1. The summed E-state index contributed by atoms with van der Waals surface area (Å²) in [5, 5.41) is 8.76. The zero-order chi connectivity index (χ0) is 13.3. The van der Waals surface area contributed by atoms with Gasteiger partial charge in [0.1, 0.15) is 0 Å². The number of carboxylic acid groups (broad SMARTS) is 1. The molecule has 1 aliphatic heterocycles.